The molecule has 2 rings (SSSR count). The molecule has 2 aromatic carbocycles. The first-order valence-electron chi connectivity index (χ1n) is 5.80. The molecule has 0 bridgehead atoms. The number of ether oxygens (including phenoxy) is 2. The Hall–Kier alpha value is -2.00. The summed E-state index contributed by atoms with van der Waals surface area (Å²) < 4.78 is 10.6. The molecule has 0 atom stereocenters. The second kappa shape index (κ2) is 5.56. The van der Waals surface area contributed by atoms with E-state index in [0.717, 1.165) is 16.7 Å². The second-order valence-corrected chi connectivity index (χ2v) is 3.93. The van der Waals surface area contributed by atoms with E-state index in [-0.39, 0.29) is 0 Å². The normalized spacial score (nSPS) is 10.2. The third-order valence-corrected chi connectivity index (χ3v) is 2.91. The number of nitrogens with two attached hydrogens (primary N) is 1. The molecule has 0 saturated heterocycles. The van der Waals surface area contributed by atoms with Crippen LogP contribution >= 0.6 is 0 Å². The van der Waals surface area contributed by atoms with Crippen molar-refractivity contribution in [3.8, 4) is 22.6 Å². The van der Waals surface area contributed by atoms with Crippen molar-refractivity contribution in [2.75, 3.05) is 14.2 Å². The first kappa shape index (κ1) is 12.5. The minimum Gasteiger partial charge on any atom is -0.493 e. The van der Waals surface area contributed by atoms with E-state index in [2.05, 4.69) is 12.1 Å². The van der Waals surface area contributed by atoms with Crippen molar-refractivity contribution in [2.24, 2.45) is 5.73 Å². The summed E-state index contributed by atoms with van der Waals surface area (Å²) in [7, 11) is 3.26. The van der Waals surface area contributed by atoms with Gasteiger partial charge in [-0.05, 0) is 28.8 Å². The second-order valence-electron chi connectivity index (χ2n) is 3.93. The molecule has 0 radical (unpaired) electrons. The molecular weight excluding hydrogens is 226 g/mol. The van der Waals surface area contributed by atoms with E-state index in [4.69, 9.17) is 15.2 Å². The van der Waals surface area contributed by atoms with Crippen LogP contribution in [0.3, 0.4) is 0 Å². The van der Waals surface area contributed by atoms with Gasteiger partial charge in [-0.25, -0.2) is 0 Å². The maximum atomic E-state index is 5.81. The van der Waals surface area contributed by atoms with Crippen molar-refractivity contribution >= 4 is 0 Å². The molecule has 94 valence electrons. The van der Waals surface area contributed by atoms with Crippen LogP contribution in [0.2, 0.25) is 0 Å². The third kappa shape index (κ3) is 2.31. The number of benzene rings is 2. The van der Waals surface area contributed by atoms with Gasteiger partial charge in [-0.15, -0.1) is 0 Å². The largest absolute Gasteiger partial charge is 0.493 e. The minimum absolute atomic E-state index is 0.463. The molecular formula is C15H17NO2. The van der Waals surface area contributed by atoms with Gasteiger partial charge >= 0.3 is 0 Å². The van der Waals surface area contributed by atoms with Gasteiger partial charge in [0.15, 0.2) is 11.5 Å². The van der Waals surface area contributed by atoms with Crippen molar-refractivity contribution in [1.82, 2.24) is 0 Å². The fourth-order valence-electron chi connectivity index (χ4n) is 1.98. The first-order chi connectivity index (χ1) is 8.80. The smallest absolute Gasteiger partial charge is 0.161 e. The fraction of sp³-hybridized carbons (Fsp3) is 0.200. The van der Waals surface area contributed by atoms with Crippen LogP contribution in [0.5, 0.6) is 11.5 Å². The molecule has 0 saturated carbocycles. The van der Waals surface area contributed by atoms with Crippen molar-refractivity contribution < 1.29 is 9.47 Å². The Morgan fingerprint density at radius 3 is 2.11 bits per heavy atom. The van der Waals surface area contributed by atoms with E-state index in [1.807, 2.05) is 30.3 Å². The Morgan fingerprint density at radius 1 is 0.944 bits per heavy atom. The van der Waals surface area contributed by atoms with Crippen molar-refractivity contribution in [3.63, 3.8) is 0 Å². The van der Waals surface area contributed by atoms with Crippen LogP contribution in [0.4, 0.5) is 0 Å². The highest BCUT2D eigenvalue weighted by atomic mass is 16.5. The Labute approximate surface area is 107 Å². The topological polar surface area (TPSA) is 44.5 Å². The minimum atomic E-state index is 0.463. The summed E-state index contributed by atoms with van der Waals surface area (Å²) in [6.45, 7) is 0.463. The van der Waals surface area contributed by atoms with E-state index in [9.17, 15) is 0 Å². The highest BCUT2D eigenvalue weighted by Crippen LogP contribution is 2.35. The molecule has 0 aliphatic heterocycles. The van der Waals surface area contributed by atoms with E-state index in [0.29, 0.717) is 18.0 Å². The van der Waals surface area contributed by atoms with Gasteiger partial charge in [0.05, 0.1) is 14.2 Å². The van der Waals surface area contributed by atoms with Crippen molar-refractivity contribution in [1.29, 1.82) is 0 Å². The molecule has 0 unspecified atom stereocenters. The number of methoxy groups -OCH3 is 2. The van der Waals surface area contributed by atoms with Gasteiger partial charge in [0, 0.05) is 6.54 Å². The van der Waals surface area contributed by atoms with E-state index in [1.165, 1.54) is 0 Å². The number of hydrogen-bond acceptors (Lipinski definition) is 3. The van der Waals surface area contributed by atoms with E-state index in [1.54, 1.807) is 14.2 Å². The van der Waals surface area contributed by atoms with Gasteiger partial charge in [-0.1, -0.05) is 30.3 Å². The average molecular weight is 243 g/mol. The molecule has 0 amide bonds. The quantitative estimate of drug-likeness (QED) is 0.898. The molecule has 2 N–H and O–H groups in total. The van der Waals surface area contributed by atoms with Crippen molar-refractivity contribution in [2.45, 2.75) is 6.54 Å². The van der Waals surface area contributed by atoms with Gasteiger partial charge in [0.25, 0.3) is 0 Å². The van der Waals surface area contributed by atoms with Crippen LogP contribution in [0.25, 0.3) is 11.1 Å². The third-order valence-electron chi connectivity index (χ3n) is 2.91. The van der Waals surface area contributed by atoms with Crippen LogP contribution in [0.1, 0.15) is 5.56 Å². The molecule has 0 heterocycles. The lowest BCUT2D eigenvalue weighted by molar-refractivity contribution is 0.354. The Morgan fingerprint density at radius 2 is 1.56 bits per heavy atom. The summed E-state index contributed by atoms with van der Waals surface area (Å²) in [4.78, 5) is 0. The summed E-state index contributed by atoms with van der Waals surface area (Å²) in [5.41, 5.74) is 9.05. The molecule has 3 heteroatoms. The van der Waals surface area contributed by atoms with Crippen molar-refractivity contribution in [3.05, 3.63) is 48.0 Å². The zero-order valence-electron chi connectivity index (χ0n) is 10.6. The van der Waals surface area contributed by atoms with Gasteiger partial charge in [-0.2, -0.15) is 0 Å². The lowest BCUT2D eigenvalue weighted by atomic mass is 9.99. The summed E-state index contributed by atoms with van der Waals surface area (Å²) in [5, 5.41) is 0. The van der Waals surface area contributed by atoms with E-state index < -0.39 is 0 Å². The lowest BCUT2D eigenvalue weighted by Crippen LogP contribution is -2.01. The lowest BCUT2D eigenvalue weighted by Gasteiger charge is -2.14. The molecule has 3 nitrogen and oxygen atoms in total. The van der Waals surface area contributed by atoms with Gasteiger partial charge < -0.3 is 15.2 Å². The maximum absolute atomic E-state index is 5.81. The molecule has 0 fully saturated rings. The standard InChI is InChI=1S/C15H17NO2/c1-17-14-8-12(10-16)13(9-15(14)18-2)11-6-4-3-5-7-11/h3-9H,10,16H2,1-2H3. The Bertz CT molecular complexity index is 524. The number of hydrogen-bond donors (Lipinski definition) is 1. The monoisotopic (exact) mass is 243 g/mol. The van der Waals surface area contributed by atoms with Crippen LogP contribution in [-0.4, -0.2) is 14.2 Å². The first-order valence-corrected chi connectivity index (χ1v) is 5.80. The van der Waals surface area contributed by atoms with Gasteiger partial charge in [0.1, 0.15) is 0 Å². The average Bonchev–Trinajstić information content (AvgIpc) is 2.46. The molecule has 0 aromatic heterocycles. The molecule has 2 aromatic rings. The SMILES string of the molecule is COc1cc(CN)c(-c2ccccc2)cc1OC. The zero-order valence-corrected chi connectivity index (χ0v) is 10.6. The fourth-order valence-corrected chi connectivity index (χ4v) is 1.98. The molecule has 0 aliphatic rings. The van der Waals surface area contributed by atoms with Gasteiger partial charge in [0.2, 0.25) is 0 Å². The maximum Gasteiger partial charge on any atom is 0.161 e. The Balaban J connectivity index is 2.59. The summed E-state index contributed by atoms with van der Waals surface area (Å²) >= 11 is 0. The highest BCUT2D eigenvalue weighted by Gasteiger charge is 2.11. The molecule has 0 spiro atoms. The summed E-state index contributed by atoms with van der Waals surface area (Å²) in [5.74, 6) is 1.42. The predicted molar refractivity (Wildman–Crippen MR) is 72.9 cm³/mol. The van der Waals surface area contributed by atoms with Crippen LogP contribution in [-0.2, 0) is 6.54 Å². The number of rotatable bonds is 4. The zero-order chi connectivity index (χ0) is 13.0. The summed E-state index contributed by atoms with van der Waals surface area (Å²) in [6.07, 6.45) is 0. The molecule has 0 aliphatic carbocycles. The van der Waals surface area contributed by atoms with Crippen LogP contribution < -0.4 is 15.2 Å². The summed E-state index contributed by atoms with van der Waals surface area (Å²) in [6, 6.07) is 14.0. The van der Waals surface area contributed by atoms with Crippen LogP contribution in [0.15, 0.2) is 42.5 Å². The predicted octanol–water partition coefficient (Wildman–Crippen LogP) is 2.83. The Kier molecular flexibility index (Phi) is 3.85. The highest BCUT2D eigenvalue weighted by molar-refractivity contribution is 5.71. The molecule has 18 heavy (non-hydrogen) atoms. The van der Waals surface area contributed by atoms with Crippen LogP contribution in [0, 0.1) is 0 Å². The van der Waals surface area contributed by atoms with Gasteiger partial charge in [-0.3, -0.25) is 0 Å². The van der Waals surface area contributed by atoms with E-state index >= 15 is 0 Å².